The number of hydrogen-bond donors (Lipinski definition) is 0. The number of allylic oxidation sites excluding steroid dienone is 4. The van der Waals surface area contributed by atoms with Crippen LogP contribution in [0.25, 0.3) is 5.57 Å². The van der Waals surface area contributed by atoms with Crippen LogP contribution < -0.4 is 0 Å². The van der Waals surface area contributed by atoms with Gasteiger partial charge >= 0.3 is 0 Å². The van der Waals surface area contributed by atoms with Gasteiger partial charge in [0.25, 0.3) is 0 Å². The Morgan fingerprint density at radius 2 is 1.82 bits per heavy atom. The molecule has 0 aromatic heterocycles. The van der Waals surface area contributed by atoms with Crippen molar-refractivity contribution in [1.29, 1.82) is 0 Å². The summed E-state index contributed by atoms with van der Waals surface area (Å²) in [5.41, 5.74) is 3.73. The minimum Gasteiger partial charge on any atom is -0.0990 e. The molecule has 0 aliphatic carbocycles. The highest BCUT2D eigenvalue weighted by Gasteiger charge is 1.99. The average Bonchev–Trinajstić information content (AvgIpc) is 2.34. The van der Waals surface area contributed by atoms with Crippen LogP contribution in [0.4, 0.5) is 0 Å². The molecule has 0 unspecified atom stereocenters. The normalized spacial score (nSPS) is 11.6. The SMILES string of the molecule is C=C/C=C(\C=C)c1ccc(CCC(C)C)cc1. The molecule has 0 heterocycles. The second-order valence-electron chi connectivity index (χ2n) is 4.69. The first-order chi connectivity index (χ1) is 8.17. The maximum absolute atomic E-state index is 3.82. The first-order valence-electron chi connectivity index (χ1n) is 6.22. The van der Waals surface area contributed by atoms with Gasteiger partial charge in [-0.15, -0.1) is 0 Å². The van der Waals surface area contributed by atoms with Gasteiger partial charge in [-0.25, -0.2) is 0 Å². The summed E-state index contributed by atoms with van der Waals surface area (Å²) in [6.45, 7) is 12.1. The summed E-state index contributed by atoms with van der Waals surface area (Å²) in [4.78, 5) is 0. The zero-order chi connectivity index (χ0) is 12.7. The first-order valence-corrected chi connectivity index (χ1v) is 6.22. The van der Waals surface area contributed by atoms with Crippen LogP contribution in [0.15, 0.2) is 55.7 Å². The van der Waals surface area contributed by atoms with E-state index < -0.39 is 0 Å². The Balaban J connectivity index is 2.76. The molecule has 1 aromatic carbocycles. The molecule has 17 heavy (non-hydrogen) atoms. The monoisotopic (exact) mass is 226 g/mol. The molecule has 0 atom stereocenters. The third-order valence-electron chi connectivity index (χ3n) is 2.81. The summed E-state index contributed by atoms with van der Waals surface area (Å²) in [7, 11) is 0. The molecule has 0 spiro atoms. The Hall–Kier alpha value is -1.56. The van der Waals surface area contributed by atoms with Gasteiger partial charge in [-0.1, -0.05) is 69.5 Å². The molecular weight excluding hydrogens is 204 g/mol. The number of aryl methyl sites for hydroxylation is 1. The molecule has 0 fully saturated rings. The van der Waals surface area contributed by atoms with Crippen molar-refractivity contribution in [1.82, 2.24) is 0 Å². The molecule has 0 radical (unpaired) electrons. The van der Waals surface area contributed by atoms with Crippen molar-refractivity contribution in [3.8, 4) is 0 Å². The van der Waals surface area contributed by atoms with Crippen molar-refractivity contribution in [2.45, 2.75) is 26.7 Å². The van der Waals surface area contributed by atoms with Gasteiger partial charge in [-0.05, 0) is 35.5 Å². The van der Waals surface area contributed by atoms with Crippen molar-refractivity contribution < 1.29 is 0 Å². The fourth-order valence-corrected chi connectivity index (χ4v) is 1.73. The topological polar surface area (TPSA) is 0 Å². The molecule has 0 amide bonds. The first kappa shape index (κ1) is 13.5. The predicted octanol–water partition coefficient (Wildman–Crippen LogP) is 5.03. The predicted molar refractivity (Wildman–Crippen MR) is 78.0 cm³/mol. The van der Waals surface area contributed by atoms with Crippen molar-refractivity contribution >= 4 is 5.57 Å². The van der Waals surface area contributed by atoms with E-state index in [0.717, 1.165) is 17.9 Å². The van der Waals surface area contributed by atoms with E-state index >= 15 is 0 Å². The lowest BCUT2D eigenvalue weighted by Crippen LogP contribution is -1.92. The second kappa shape index (κ2) is 6.90. The zero-order valence-electron chi connectivity index (χ0n) is 10.9. The Bertz CT molecular complexity index is 391. The Morgan fingerprint density at radius 3 is 2.29 bits per heavy atom. The van der Waals surface area contributed by atoms with Crippen LogP contribution >= 0.6 is 0 Å². The standard InChI is InChI=1S/C17H22/c1-5-7-16(6-2)17-12-10-15(11-13-17)9-8-14(3)4/h5-7,10-14H,1-2,8-9H2,3-4H3/b16-7+. The minimum absolute atomic E-state index is 0.763. The van der Waals surface area contributed by atoms with Crippen molar-refractivity contribution in [2.24, 2.45) is 5.92 Å². The van der Waals surface area contributed by atoms with Crippen LogP contribution in [0.3, 0.4) is 0 Å². The van der Waals surface area contributed by atoms with Gasteiger partial charge in [0.1, 0.15) is 0 Å². The molecule has 90 valence electrons. The summed E-state index contributed by atoms with van der Waals surface area (Å²) in [5, 5.41) is 0. The lowest BCUT2D eigenvalue weighted by Gasteiger charge is -2.06. The maximum atomic E-state index is 3.82. The van der Waals surface area contributed by atoms with E-state index in [1.807, 2.05) is 12.2 Å². The molecular formula is C17H22. The molecule has 0 saturated carbocycles. The van der Waals surface area contributed by atoms with Crippen molar-refractivity contribution in [2.75, 3.05) is 0 Å². The molecule has 1 rings (SSSR count). The van der Waals surface area contributed by atoms with Gasteiger partial charge in [0, 0.05) is 0 Å². The smallest absolute Gasteiger partial charge is 0.0184 e. The molecule has 0 aliphatic heterocycles. The molecule has 1 aromatic rings. The molecule has 0 N–H and O–H groups in total. The number of hydrogen-bond acceptors (Lipinski definition) is 0. The third-order valence-corrected chi connectivity index (χ3v) is 2.81. The van der Waals surface area contributed by atoms with Crippen LogP contribution in [0.2, 0.25) is 0 Å². The Morgan fingerprint density at radius 1 is 1.18 bits per heavy atom. The second-order valence-corrected chi connectivity index (χ2v) is 4.69. The zero-order valence-corrected chi connectivity index (χ0v) is 10.9. The van der Waals surface area contributed by atoms with E-state index in [4.69, 9.17) is 0 Å². The summed E-state index contributed by atoms with van der Waals surface area (Å²) in [5.74, 6) is 0.763. The molecule has 0 saturated heterocycles. The van der Waals surface area contributed by atoms with Gasteiger partial charge in [0.05, 0.1) is 0 Å². The van der Waals surface area contributed by atoms with Gasteiger partial charge in [-0.2, -0.15) is 0 Å². The molecule has 0 bridgehead atoms. The van der Waals surface area contributed by atoms with Crippen LogP contribution in [0.5, 0.6) is 0 Å². The highest BCUT2D eigenvalue weighted by molar-refractivity contribution is 5.74. The van der Waals surface area contributed by atoms with E-state index in [1.165, 1.54) is 17.5 Å². The van der Waals surface area contributed by atoms with E-state index in [1.54, 1.807) is 6.08 Å². The largest absolute Gasteiger partial charge is 0.0990 e. The van der Waals surface area contributed by atoms with E-state index in [2.05, 4.69) is 51.3 Å². The molecule has 0 nitrogen and oxygen atoms in total. The van der Waals surface area contributed by atoms with E-state index in [9.17, 15) is 0 Å². The summed E-state index contributed by atoms with van der Waals surface area (Å²) in [6.07, 6.45) is 8.05. The van der Waals surface area contributed by atoms with Gasteiger partial charge in [0.2, 0.25) is 0 Å². The Kier molecular flexibility index (Phi) is 5.48. The van der Waals surface area contributed by atoms with Crippen LogP contribution in [-0.4, -0.2) is 0 Å². The number of rotatable bonds is 6. The molecule has 0 aliphatic rings. The highest BCUT2D eigenvalue weighted by Crippen LogP contribution is 2.17. The third kappa shape index (κ3) is 4.44. The fourth-order valence-electron chi connectivity index (χ4n) is 1.73. The van der Waals surface area contributed by atoms with Crippen molar-refractivity contribution in [3.63, 3.8) is 0 Å². The van der Waals surface area contributed by atoms with Gasteiger partial charge in [-0.3, -0.25) is 0 Å². The summed E-state index contributed by atoms with van der Waals surface area (Å²) < 4.78 is 0. The molecule has 0 heteroatoms. The minimum atomic E-state index is 0.763. The van der Waals surface area contributed by atoms with Crippen LogP contribution in [-0.2, 0) is 6.42 Å². The average molecular weight is 226 g/mol. The van der Waals surface area contributed by atoms with Gasteiger partial charge in [0.15, 0.2) is 0 Å². The highest BCUT2D eigenvalue weighted by atomic mass is 14.0. The lowest BCUT2D eigenvalue weighted by molar-refractivity contribution is 0.587. The fraction of sp³-hybridized carbons (Fsp3) is 0.294. The summed E-state index contributed by atoms with van der Waals surface area (Å²) in [6, 6.07) is 8.73. The van der Waals surface area contributed by atoms with Crippen LogP contribution in [0, 0.1) is 5.92 Å². The van der Waals surface area contributed by atoms with E-state index in [-0.39, 0.29) is 0 Å². The van der Waals surface area contributed by atoms with Crippen LogP contribution in [0.1, 0.15) is 31.4 Å². The Labute approximate surface area is 105 Å². The lowest BCUT2D eigenvalue weighted by atomic mass is 9.99. The maximum Gasteiger partial charge on any atom is -0.0184 e. The summed E-state index contributed by atoms with van der Waals surface area (Å²) >= 11 is 0. The quantitative estimate of drug-likeness (QED) is 0.597. The van der Waals surface area contributed by atoms with Crippen molar-refractivity contribution in [3.05, 3.63) is 66.8 Å². The number of benzene rings is 1. The van der Waals surface area contributed by atoms with E-state index in [0.29, 0.717) is 0 Å². The van der Waals surface area contributed by atoms with Gasteiger partial charge < -0.3 is 0 Å².